The van der Waals surface area contributed by atoms with E-state index in [1.807, 2.05) is 28.8 Å². The van der Waals surface area contributed by atoms with Crippen molar-refractivity contribution in [2.24, 2.45) is 10.6 Å². The van der Waals surface area contributed by atoms with Crippen molar-refractivity contribution < 1.29 is 28.3 Å². The third kappa shape index (κ3) is 2.52. The van der Waals surface area contributed by atoms with Gasteiger partial charge in [-0.25, -0.2) is 14.2 Å². The van der Waals surface area contributed by atoms with Gasteiger partial charge in [-0.05, 0) is 29.8 Å². The molecule has 4 heterocycles. The lowest BCUT2D eigenvalue weighted by Crippen LogP contribution is -2.48. The van der Waals surface area contributed by atoms with Crippen molar-refractivity contribution in [3.63, 3.8) is 0 Å². The molecule has 2 atom stereocenters. The van der Waals surface area contributed by atoms with Crippen LogP contribution in [0.25, 0.3) is 21.8 Å². The molecule has 0 radical (unpaired) electrons. The molecular formula is C25H18FN3O5. The molecule has 2 aromatic carbocycles. The minimum absolute atomic E-state index is 0.0847. The highest BCUT2D eigenvalue weighted by atomic mass is 19.1. The van der Waals surface area contributed by atoms with E-state index in [9.17, 15) is 14.0 Å². The molecule has 0 bridgehead atoms. The van der Waals surface area contributed by atoms with Crippen LogP contribution in [-0.4, -0.2) is 41.4 Å². The molecule has 9 heteroatoms. The van der Waals surface area contributed by atoms with E-state index in [0.29, 0.717) is 11.3 Å². The topological polar surface area (TPSA) is 92.0 Å². The van der Waals surface area contributed by atoms with E-state index in [4.69, 9.17) is 14.3 Å². The fourth-order valence-electron chi connectivity index (χ4n) is 5.11. The number of benzene rings is 2. The summed E-state index contributed by atoms with van der Waals surface area (Å²) < 4.78 is 25.8. The summed E-state index contributed by atoms with van der Waals surface area (Å²) in [5.41, 5.74) is 1.43. The number of carbonyl (C=O) groups is 2. The Bertz CT molecular complexity index is 1540. The summed E-state index contributed by atoms with van der Waals surface area (Å²) in [5, 5.41) is 5.97. The zero-order chi connectivity index (χ0) is 23.6. The lowest BCUT2D eigenvalue weighted by molar-refractivity contribution is -0.155. The summed E-state index contributed by atoms with van der Waals surface area (Å²) >= 11 is 0. The van der Waals surface area contributed by atoms with E-state index in [0.717, 1.165) is 21.8 Å². The molecule has 0 unspecified atom stereocenters. The highest BCUT2D eigenvalue weighted by Crippen LogP contribution is 2.52. The predicted molar refractivity (Wildman–Crippen MR) is 120 cm³/mol. The van der Waals surface area contributed by atoms with Gasteiger partial charge in [0.25, 0.3) is 0 Å². The van der Waals surface area contributed by atoms with Crippen LogP contribution in [0.3, 0.4) is 0 Å². The number of rotatable bonds is 3. The maximum atomic E-state index is 13.6. The molecule has 0 saturated heterocycles. The highest BCUT2D eigenvalue weighted by Gasteiger charge is 2.61. The van der Waals surface area contributed by atoms with Crippen LogP contribution in [0, 0.1) is 11.2 Å². The lowest BCUT2D eigenvalue weighted by atomic mass is 9.72. The second kappa shape index (κ2) is 7.11. The van der Waals surface area contributed by atoms with Gasteiger partial charge in [-0.3, -0.25) is 4.79 Å². The Balaban J connectivity index is 1.69. The number of para-hydroxylation sites is 1. The zero-order valence-corrected chi connectivity index (χ0v) is 18.2. The monoisotopic (exact) mass is 459 g/mol. The van der Waals surface area contributed by atoms with Gasteiger partial charge in [0.2, 0.25) is 0 Å². The normalized spacial score (nSPS) is 20.6. The minimum Gasteiger partial charge on any atom is -0.468 e. The molecule has 2 aromatic heterocycles. The third-order valence-electron chi connectivity index (χ3n) is 6.62. The Labute approximate surface area is 192 Å². The molecular weight excluding hydrogens is 441 g/mol. The zero-order valence-electron chi connectivity index (χ0n) is 18.2. The number of hydrogen-bond donors (Lipinski definition) is 0. The molecule has 0 N–H and O–H groups in total. The van der Waals surface area contributed by atoms with Crippen molar-refractivity contribution >= 4 is 39.5 Å². The van der Waals surface area contributed by atoms with E-state index in [-0.39, 0.29) is 18.0 Å². The summed E-state index contributed by atoms with van der Waals surface area (Å²) in [6.07, 6.45) is -0.886. The van der Waals surface area contributed by atoms with Gasteiger partial charge >= 0.3 is 11.9 Å². The smallest absolute Gasteiger partial charge is 0.356 e. The summed E-state index contributed by atoms with van der Waals surface area (Å²) in [7, 11) is 2.58. The highest BCUT2D eigenvalue weighted by molar-refractivity contribution is 6.25. The summed E-state index contributed by atoms with van der Waals surface area (Å²) in [4.78, 5) is 36.4. The van der Waals surface area contributed by atoms with Crippen molar-refractivity contribution in [2.75, 3.05) is 14.2 Å². The van der Waals surface area contributed by atoms with Crippen LogP contribution in [0.15, 0.2) is 59.8 Å². The molecule has 170 valence electrons. The predicted octanol–water partition coefficient (Wildman–Crippen LogP) is 3.76. The largest absolute Gasteiger partial charge is 0.468 e. The second-order valence-corrected chi connectivity index (χ2v) is 8.29. The Hall–Kier alpha value is -4.27. The fourth-order valence-corrected chi connectivity index (χ4v) is 5.11. The van der Waals surface area contributed by atoms with Crippen LogP contribution in [0.2, 0.25) is 0 Å². The Kier molecular flexibility index (Phi) is 4.26. The molecule has 6 rings (SSSR count). The van der Waals surface area contributed by atoms with E-state index in [1.165, 1.54) is 26.4 Å². The molecule has 0 aliphatic carbocycles. The summed E-state index contributed by atoms with van der Waals surface area (Å²) in [5.74, 6) is -1.59. The fraction of sp³-hybridized carbons (Fsp3) is 0.200. The van der Waals surface area contributed by atoms with Crippen molar-refractivity contribution in [1.82, 2.24) is 9.55 Å². The number of esters is 2. The average molecular weight is 459 g/mol. The molecule has 8 nitrogen and oxygen atoms in total. The molecule has 0 spiro atoms. The van der Waals surface area contributed by atoms with Crippen LogP contribution in [-0.2, 0) is 25.7 Å². The first-order valence-electron chi connectivity index (χ1n) is 10.6. The summed E-state index contributed by atoms with van der Waals surface area (Å²) in [6, 6.07) is 15.1. The van der Waals surface area contributed by atoms with E-state index < -0.39 is 29.3 Å². The maximum absolute atomic E-state index is 13.6. The number of halogens is 1. The molecule has 4 aromatic rings. The number of nitrogens with zero attached hydrogens (tertiary/aromatic N) is 3. The number of fused-ring (bicyclic) bond motifs is 5. The van der Waals surface area contributed by atoms with Gasteiger partial charge in [-0.1, -0.05) is 35.5 Å². The van der Waals surface area contributed by atoms with Gasteiger partial charge in [0, 0.05) is 22.8 Å². The van der Waals surface area contributed by atoms with E-state index >= 15 is 0 Å². The number of methoxy groups -OCH3 is 2. The van der Waals surface area contributed by atoms with Crippen LogP contribution in [0.5, 0.6) is 0 Å². The maximum Gasteiger partial charge on any atom is 0.356 e. The molecule has 0 saturated carbocycles. The molecule has 0 fully saturated rings. The quantitative estimate of drug-likeness (QED) is 0.433. The van der Waals surface area contributed by atoms with Gasteiger partial charge in [-0.2, -0.15) is 0 Å². The average Bonchev–Trinajstić information content (AvgIpc) is 3.42. The number of ether oxygens (including phenoxy) is 2. The first kappa shape index (κ1) is 20.3. The van der Waals surface area contributed by atoms with Gasteiger partial charge in [0.05, 0.1) is 19.7 Å². The van der Waals surface area contributed by atoms with E-state index in [1.54, 1.807) is 18.2 Å². The lowest BCUT2D eigenvalue weighted by Gasteiger charge is -2.35. The summed E-state index contributed by atoms with van der Waals surface area (Å²) in [6.45, 7) is 0.164. The van der Waals surface area contributed by atoms with Gasteiger partial charge in [0.1, 0.15) is 22.9 Å². The van der Waals surface area contributed by atoms with Gasteiger partial charge in [-0.15, -0.1) is 0 Å². The van der Waals surface area contributed by atoms with Crippen molar-refractivity contribution in [1.29, 1.82) is 0 Å². The van der Waals surface area contributed by atoms with Crippen LogP contribution in [0.1, 0.15) is 27.8 Å². The van der Waals surface area contributed by atoms with Crippen LogP contribution >= 0.6 is 0 Å². The standard InChI is InChI=1S/C25H18FN3O5/c1-32-23(30)17-11-16-15-5-3-4-6-18(15)29-12-25(24(31)33-2)21(19(27-17)20(16)29)28-34-22(25)13-7-9-14(26)10-8-13/h3-11,22H,12H2,1-2H3/t22-,25-/m0/s1. The number of aromatic nitrogens is 2. The third-order valence-corrected chi connectivity index (χ3v) is 6.62. The Morgan fingerprint density at radius 2 is 1.85 bits per heavy atom. The Morgan fingerprint density at radius 3 is 2.59 bits per heavy atom. The minimum atomic E-state index is -1.41. The number of pyridine rings is 1. The number of carbonyl (C=O) groups excluding carboxylic acids is 2. The molecule has 2 aliphatic rings. The van der Waals surface area contributed by atoms with Crippen LogP contribution in [0.4, 0.5) is 4.39 Å². The van der Waals surface area contributed by atoms with Crippen molar-refractivity contribution in [2.45, 2.75) is 12.6 Å². The number of oxime groups is 1. The Morgan fingerprint density at radius 1 is 1.09 bits per heavy atom. The second-order valence-electron chi connectivity index (χ2n) is 8.29. The SMILES string of the molecule is COC(=O)c1cc2c3ccccc3n3c2c(n1)C1=NO[C@@H](c2ccc(F)cc2)[C@]1(C(=O)OC)C3. The van der Waals surface area contributed by atoms with Crippen LogP contribution < -0.4 is 0 Å². The van der Waals surface area contributed by atoms with Gasteiger partial charge < -0.3 is 18.9 Å². The first-order valence-corrected chi connectivity index (χ1v) is 10.6. The molecule has 2 aliphatic heterocycles. The van der Waals surface area contributed by atoms with Crippen molar-refractivity contribution in [3.05, 3.63) is 77.4 Å². The first-order chi connectivity index (χ1) is 16.5. The van der Waals surface area contributed by atoms with Gasteiger partial charge in [0.15, 0.2) is 11.5 Å². The molecule has 34 heavy (non-hydrogen) atoms. The number of hydrogen-bond acceptors (Lipinski definition) is 7. The molecule has 0 amide bonds. The van der Waals surface area contributed by atoms with Crippen molar-refractivity contribution in [3.8, 4) is 0 Å². The van der Waals surface area contributed by atoms with E-state index in [2.05, 4.69) is 10.1 Å².